The molecule has 3 aromatic carbocycles. The van der Waals surface area contributed by atoms with E-state index in [1.165, 1.54) is 47.6 Å². The van der Waals surface area contributed by atoms with Crippen LogP contribution in [0.1, 0.15) is 18.4 Å². The number of phenols is 1. The molecule has 1 N–H and O–H groups in total. The van der Waals surface area contributed by atoms with Gasteiger partial charge in [0.25, 0.3) is 9.05 Å². The molecule has 0 atom stereocenters. The standard InChI is InChI=1S/C22H22ClN3O7S3/c1-14-12-15(8-9-18(14)35(23,30)31)24-25-17-13-20(36(32,33)26-10-3-4-11-26)22(27)16-6-5-7-19(21(16)17)34(2,28)29/h5-9,12-13,27H,3-4,10-11H2,1-2H3. The second-order valence-electron chi connectivity index (χ2n) is 8.39. The Kier molecular flexibility index (Phi) is 6.90. The van der Waals surface area contributed by atoms with Gasteiger partial charge in [-0.1, -0.05) is 12.1 Å². The van der Waals surface area contributed by atoms with Crippen molar-refractivity contribution in [1.82, 2.24) is 4.31 Å². The van der Waals surface area contributed by atoms with Gasteiger partial charge in [-0.05, 0) is 55.7 Å². The average molecular weight is 572 g/mol. The van der Waals surface area contributed by atoms with Gasteiger partial charge in [-0.25, -0.2) is 25.3 Å². The van der Waals surface area contributed by atoms with Crippen LogP contribution in [0.2, 0.25) is 0 Å². The van der Waals surface area contributed by atoms with Crippen LogP contribution < -0.4 is 0 Å². The topological polar surface area (TPSA) is 151 Å². The van der Waals surface area contributed by atoms with Crippen LogP contribution in [0.3, 0.4) is 0 Å². The predicted molar refractivity (Wildman–Crippen MR) is 135 cm³/mol. The largest absolute Gasteiger partial charge is 0.506 e. The van der Waals surface area contributed by atoms with E-state index in [1.54, 1.807) is 0 Å². The highest BCUT2D eigenvalue weighted by Crippen LogP contribution is 2.43. The number of benzene rings is 3. The van der Waals surface area contributed by atoms with Gasteiger partial charge < -0.3 is 5.11 Å². The quantitative estimate of drug-likeness (QED) is 0.340. The molecule has 4 rings (SSSR count). The normalized spacial score (nSPS) is 15.8. The zero-order valence-corrected chi connectivity index (χ0v) is 22.4. The zero-order chi connectivity index (χ0) is 26.5. The number of azo groups is 1. The van der Waals surface area contributed by atoms with Crippen molar-refractivity contribution in [3.8, 4) is 5.75 Å². The summed E-state index contributed by atoms with van der Waals surface area (Å²) in [5, 5.41) is 19.2. The molecule has 1 fully saturated rings. The Labute approximate surface area is 213 Å². The lowest BCUT2D eigenvalue weighted by Gasteiger charge is -2.18. The van der Waals surface area contributed by atoms with Crippen LogP contribution >= 0.6 is 10.7 Å². The van der Waals surface area contributed by atoms with Crippen LogP contribution in [0.4, 0.5) is 11.4 Å². The summed E-state index contributed by atoms with van der Waals surface area (Å²) in [6, 6.07) is 9.27. The zero-order valence-electron chi connectivity index (χ0n) is 19.2. The van der Waals surface area contributed by atoms with E-state index in [1.807, 2.05) is 0 Å². The second kappa shape index (κ2) is 9.38. The summed E-state index contributed by atoms with van der Waals surface area (Å²) in [4.78, 5) is -0.665. The fourth-order valence-electron chi connectivity index (χ4n) is 4.12. The smallest absolute Gasteiger partial charge is 0.261 e. The number of aryl methyl sites for hydroxylation is 1. The maximum Gasteiger partial charge on any atom is 0.261 e. The number of sulfone groups is 1. The van der Waals surface area contributed by atoms with E-state index in [9.17, 15) is 30.4 Å². The maximum absolute atomic E-state index is 13.3. The van der Waals surface area contributed by atoms with Gasteiger partial charge in [-0.3, -0.25) is 0 Å². The van der Waals surface area contributed by atoms with Gasteiger partial charge >= 0.3 is 0 Å². The van der Waals surface area contributed by atoms with Crippen LogP contribution in [-0.2, 0) is 28.9 Å². The Morgan fingerprint density at radius 1 is 0.889 bits per heavy atom. The fourth-order valence-corrected chi connectivity index (χ4v) is 7.86. The van der Waals surface area contributed by atoms with Crippen LogP contribution in [0.25, 0.3) is 10.8 Å². The molecule has 14 heteroatoms. The van der Waals surface area contributed by atoms with Gasteiger partial charge in [-0.15, -0.1) is 5.11 Å². The van der Waals surface area contributed by atoms with E-state index in [-0.39, 0.29) is 31.9 Å². The first-order chi connectivity index (χ1) is 16.7. The number of hydrogen-bond acceptors (Lipinski definition) is 9. The van der Waals surface area contributed by atoms with Crippen molar-refractivity contribution in [3.05, 3.63) is 48.0 Å². The highest BCUT2D eigenvalue weighted by atomic mass is 35.7. The van der Waals surface area contributed by atoms with Gasteiger partial charge in [0.05, 0.1) is 21.2 Å². The third-order valence-corrected chi connectivity index (χ3v) is 10.3. The number of rotatable bonds is 6. The maximum atomic E-state index is 13.3. The first kappa shape index (κ1) is 26.5. The summed E-state index contributed by atoms with van der Waals surface area (Å²) in [5.74, 6) is -0.575. The minimum atomic E-state index is -4.09. The van der Waals surface area contributed by atoms with Crippen LogP contribution in [0, 0.1) is 6.92 Å². The molecule has 0 spiro atoms. The average Bonchev–Trinajstić information content (AvgIpc) is 3.33. The van der Waals surface area contributed by atoms with Crippen LogP contribution in [-0.4, -0.2) is 54.0 Å². The molecule has 0 radical (unpaired) electrons. The van der Waals surface area contributed by atoms with E-state index in [0.717, 1.165) is 12.3 Å². The summed E-state index contributed by atoms with van der Waals surface area (Å²) in [7, 11) is -6.44. The molecule has 192 valence electrons. The van der Waals surface area contributed by atoms with Crippen molar-refractivity contribution in [3.63, 3.8) is 0 Å². The molecule has 36 heavy (non-hydrogen) atoms. The molecule has 0 bridgehead atoms. The molecule has 1 aliphatic heterocycles. The van der Waals surface area contributed by atoms with Gasteiger partial charge in [0.1, 0.15) is 10.6 Å². The number of aromatic hydroxyl groups is 1. The number of halogens is 1. The molecule has 0 aliphatic carbocycles. The molecule has 0 aromatic heterocycles. The summed E-state index contributed by atoms with van der Waals surface area (Å²) in [5.41, 5.74) is 0.443. The fraction of sp³-hybridized carbons (Fsp3) is 0.273. The van der Waals surface area contributed by atoms with Crippen LogP contribution in [0.5, 0.6) is 5.75 Å². The molecule has 1 heterocycles. The van der Waals surface area contributed by atoms with E-state index in [2.05, 4.69) is 10.2 Å². The predicted octanol–water partition coefficient (Wildman–Crippen LogP) is 4.38. The third-order valence-electron chi connectivity index (χ3n) is 5.82. The lowest BCUT2D eigenvalue weighted by Crippen LogP contribution is -2.27. The minimum Gasteiger partial charge on any atom is -0.506 e. The van der Waals surface area contributed by atoms with Gasteiger partial charge in [0.15, 0.2) is 9.84 Å². The number of fused-ring (bicyclic) bond motifs is 1. The summed E-state index contributed by atoms with van der Waals surface area (Å²) >= 11 is 0. The Morgan fingerprint density at radius 3 is 2.14 bits per heavy atom. The molecule has 0 amide bonds. The van der Waals surface area contributed by atoms with Gasteiger partial charge in [0, 0.05) is 40.8 Å². The Bertz CT molecular complexity index is 1730. The number of phenolic OH excluding ortho intramolecular Hbond substituents is 1. The van der Waals surface area contributed by atoms with Crippen molar-refractivity contribution >= 4 is 61.7 Å². The number of hydrogen-bond donors (Lipinski definition) is 1. The van der Waals surface area contributed by atoms with E-state index >= 15 is 0 Å². The Morgan fingerprint density at radius 2 is 1.56 bits per heavy atom. The SMILES string of the molecule is Cc1cc(N=Nc2cc(S(=O)(=O)N3CCCC3)c(O)c3cccc(S(C)(=O)=O)c23)ccc1S(=O)(=O)Cl. The van der Waals surface area contributed by atoms with E-state index in [4.69, 9.17) is 10.7 Å². The molecule has 0 unspecified atom stereocenters. The summed E-state index contributed by atoms with van der Waals surface area (Å²) in [6.45, 7) is 2.12. The highest BCUT2D eigenvalue weighted by Gasteiger charge is 2.32. The number of nitrogens with zero attached hydrogens (tertiary/aromatic N) is 3. The Hall–Kier alpha value is -2.58. The van der Waals surface area contributed by atoms with E-state index in [0.29, 0.717) is 31.5 Å². The molecule has 0 saturated carbocycles. The highest BCUT2D eigenvalue weighted by molar-refractivity contribution is 8.13. The van der Waals surface area contributed by atoms with Crippen molar-refractivity contribution < 1.29 is 30.4 Å². The molecule has 1 saturated heterocycles. The first-order valence-electron chi connectivity index (χ1n) is 10.7. The molecular weight excluding hydrogens is 550 g/mol. The van der Waals surface area contributed by atoms with Crippen molar-refractivity contribution in [1.29, 1.82) is 0 Å². The first-order valence-corrected chi connectivity index (χ1v) is 16.3. The molecule has 1 aliphatic rings. The Balaban J connectivity index is 1.97. The summed E-state index contributed by atoms with van der Waals surface area (Å²) in [6.07, 6.45) is 2.36. The van der Waals surface area contributed by atoms with Crippen molar-refractivity contribution in [2.24, 2.45) is 10.2 Å². The molecule has 3 aromatic rings. The molecular formula is C22H22ClN3O7S3. The second-order valence-corrected chi connectivity index (χ2v) is 14.8. The van der Waals surface area contributed by atoms with Crippen LogP contribution in [0.15, 0.2) is 67.4 Å². The van der Waals surface area contributed by atoms with Crippen molar-refractivity contribution in [2.75, 3.05) is 19.3 Å². The lowest BCUT2D eigenvalue weighted by molar-refractivity contribution is 0.448. The molecule has 10 nitrogen and oxygen atoms in total. The van der Waals surface area contributed by atoms with E-state index < -0.39 is 39.6 Å². The van der Waals surface area contributed by atoms with Gasteiger partial charge in [-0.2, -0.15) is 9.42 Å². The number of sulfonamides is 1. The monoisotopic (exact) mass is 571 g/mol. The summed E-state index contributed by atoms with van der Waals surface area (Å²) < 4.78 is 76.2. The third kappa shape index (κ3) is 4.98. The van der Waals surface area contributed by atoms with Gasteiger partial charge in [0.2, 0.25) is 10.0 Å². The van der Waals surface area contributed by atoms with Crippen molar-refractivity contribution in [2.45, 2.75) is 34.5 Å². The lowest BCUT2D eigenvalue weighted by atomic mass is 10.1. The minimum absolute atomic E-state index is 0.00749.